The summed E-state index contributed by atoms with van der Waals surface area (Å²) in [6, 6.07) is 30.7. The van der Waals surface area contributed by atoms with Crippen LogP contribution < -0.4 is 5.43 Å². The van der Waals surface area contributed by atoms with Crippen molar-refractivity contribution in [2.45, 2.75) is 19.3 Å². The first kappa shape index (κ1) is 17.5. The predicted molar refractivity (Wildman–Crippen MR) is 118 cm³/mol. The Labute approximate surface area is 170 Å². The first-order valence-corrected chi connectivity index (χ1v) is 10.1. The lowest BCUT2D eigenvalue weighted by Crippen LogP contribution is -2.18. The van der Waals surface area contributed by atoms with Crippen LogP contribution in [0.1, 0.15) is 28.9 Å². The van der Waals surface area contributed by atoms with Crippen LogP contribution in [0.15, 0.2) is 91.0 Å². The molecule has 1 heterocycles. The van der Waals surface area contributed by atoms with Crippen molar-refractivity contribution in [2.75, 3.05) is 5.43 Å². The van der Waals surface area contributed by atoms with Gasteiger partial charge in [-0.05, 0) is 30.5 Å². The van der Waals surface area contributed by atoms with Crippen LogP contribution in [-0.4, -0.2) is 10.5 Å². The number of aromatic nitrogens is 1. The minimum atomic E-state index is 0.232. The number of anilines is 1. The number of hydrogen-bond donors (Lipinski definition) is 1. The van der Waals surface area contributed by atoms with E-state index in [0.29, 0.717) is 6.42 Å². The van der Waals surface area contributed by atoms with Gasteiger partial charge in [-0.1, -0.05) is 78.9 Å². The van der Waals surface area contributed by atoms with Crippen molar-refractivity contribution in [3.63, 3.8) is 0 Å². The van der Waals surface area contributed by atoms with Gasteiger partial charge in [-0.25, -0.2) is 0 Å². The summed E-state index contributed by atoms with van der Waals surface area (Å²) in [7, 11) is 0. The van der Waals surface area contributed by atoms with Gasteiger partial charge in [0.2, 0.25) is 0 Å². The van der Waals surface area contributed by atoms with Gasteiger partial charge < -0.3 is 0 Å². The molecule has 5 rings (SSSR count). The summed E-state index contributed by atoms with van der Waals surface area (Å²) >= 11 is 0. The van der Waals surface area contributed by atoms with Crippen molar-refractivity contribution in [2.24, 2.45) is 0 Å². The van der Waals surface area contributed by atoms with Gasteiger partial charge in [0.1, 0.15) is 0 Å². The fraction of sp³-hybridized carbons (Fsp3) is 0.115. The van der Waals surface area contributed by atoms with Crippen molar-refractivity contribution in [1.82, 2.24) is 4.68 Å². The molecule has 0 saturated carbocycles. The zero-order chi connectivity index (χ0) is 19.6. The normalized spacial score (nSPS) is 13.2. The van der Waals surface area contributed by atoms with Crippen molar-refractivity contribution < 1.29 is 4.79 Å². The van der Waals surface area contributed by atoms with Gasteiger partial charge >= 0.3 is 0 Å². The number of benzene rings is 3. The van der Waals surface area contributed by atoms with Crippen LogP contribution >= 0.6 is 0 Å². The fourth-order valence-corrected chi connectivity index (χ4v) is 4.22. The molecule has 0 aliphatic heterocycles. The molecule has 0 bridgehead atoms. The molecular weight excluding hydrogens is 356 g/mol. The number of rotatable bonds is 4. The van der Waals surface area contributed by atoms with E-state index in [1.807, 2.05) is 66.7 Å². The lowest BCUT2D eigenvalue weighted by molar-refractivity contribution is 0.0972. The highest BCUT2D eigenvalue weighted by molar-refractivity contribution is 6.08. The van der Waals surface area contributed by atoms with Crippen LogP contribution in [0, 0.1) is 0 Å². The molecule has 1 N–H and O–H groups in total. The van der Waals surface area contributed by atoms with Crippen LogP contribution in [0.2, 0.25) is 0 Å². The number of ketones is 1. The van der Waals surface area contributed by atoms with Crippen LogP contribution in [-0.2, 0) is 6.42 Å². The summed E-state index contributed by atoms with van der Waals surface area (Å²) in [5.74, 6) is 0.232. The van der Waals surface area contributed by atoms with Crippen LogP contribution in [0.5, 0.6) is 0 Å². The van der Waals surface area contributed by atoms with Gasteiger partial charge in [0, 0.05) is 23.1 Å². The summed E-state index contributed by atoms with van der Waals surface area (Å²) in [5.41, 5.74) is 10.8. The van der Waals surface area contributed by atoms with Crippen molar-refractivity contribution in [3.8, 4) is 22.4 Å². The first-order chi connectivity index (χ1) is 14.3. The van der Waals surface area contributed by atoms with Crippen molar-refractivity contribution >= 4 is 11.5 Å². The molecule has 0 amide bonds. The molecule has 29 heavy (non-hydrogen) atoms. The standard InChI is InChI=1S/C26H22N2O/c29-23-18-10-17-22-25(23)24(19-11-4-1-5-12-19)26(20-13-6-2-7-14-20)28(22)27-21-15-8-3-9-16-21/h1-9,11-16,27H,10,17-18H2. The summed E-state index contributed by atoms with van der Waals surface area (Å²) in [5, 5.41) is 0. The van der Waals surface area contributed by atoms with Crippen LogP contribution in [0.25, 0.3) is 22.4 Å². The Balaban J connectivity index is 1.83. The third-order valence-corrected chi connectivity index (χ3v) is 5.49. The van der Waals surface area contributed by atoms with E-state index >= 15 is 0 Å². The molecule has 1 aromatic heterocycles. The number of hydrogen-bond acceptors (Lipinski definition) is 2. The SMILES string of the molecule is O=C1CCCc2c1c(-c1ccccc1)c(-c1ccccc1)n2Nc1ccccc1. The summed E-state index contributed by atoms with van der Waals surface area (Å²) < 4.78 is 2.14. The second kappa shape index (κ2) is 7.44. The molecule has 3 nitrogen and oxygen atoms in total. The molecule has 3 heteroatoms. The monoisotopic (exact) mass is 378 g/mol. The Hall–Kier alpha value is -3.59. The Morgan fingerprint density at radius 1 is 0.655 bits per heavy atom. The second-order valence-electron chi connectivity index (χ2n) is 7.37. The largest absolute Gasteiger partial charge is 0.294 e. The van der Waals surface area contributed by atoms with E-state index in [9.17, 15) is 4.79 Å². The number of Topliss-reactive ketones (excluding diaryl/α,β-unsaturated/α-hetero) is 1. The highest BCUT2D eigenvalue weighted by Gasteiger charge is 2.31. The molecule has 0 fully saturated rings. The molecule has 142 valence electrons. The van der Waals surface area contributed by atoms with Crippen molar-refractivity contribution in [1.29, 1.82) is 0 Å². The third-order valence-electron chi connectivity index (χ3n) is 5.49. The molecule has 0 atom stereocenters. The fourth-order valence-electron chi connectivity index (χ4n) is 4.22. The van der Waals surface area contributed by atoms with Crippen LogP contribution in [0.3, 0.4) is 0 Å². The van der Waals surface area contributed by atoms with E-state index in [4.69, 9.17) is 0 Å². The first-order valence-electron chi connectivity index (χ1n) is 10.1. The molecule has 0 unspecified atom stereocenters. The number of carbonyl (C=O) groups is 1. The summed E-state index contributed by atoms with van der Waals surface area (Å²) in [6.45, 7) is 0. The minimum Gasteiger partial charge on any atom is -0.294 e. The zero-order valence-corrected chi connectivity index (χ0v) is 16.1. The number of fused-ring (bicyclic) bond motifs is 1. The summed E-state index contributed by atoms with van der Waals surface area (Å²) in [6.07, 6.45) is 2.37. The highest BCUT2D eigenvalue weighted by Crippen LogP contribution is 2.42. The number of para-hydroxylation sites is 1. The quantitative estimate of drug-likeness (QED) is 0.458. The predicted octanol–water partition coefficient (Wildman–Crippen LogP) is 6.22. The molecule has 1 aliphatic carbocycles. The van der Waals surface area contributed by atoms with E-state index < -0.39 is 0 Å². The average molecular weight is 378 g/mol. The number of carbonyl (C=O) groups excluding carboxylic acids is 1. The maximum Gasteiger partial charge on any atom is 0.165 e. The lowest BCUT2D eigenvalue weighted by atomic mass is 9.89. The van der Waals surface area contributed by atoms with E-state index in [-0.39, 0.29) is 5.78 Å². The maximum atomic E-state index is 13.1. The smallest absolute Gasteiger partial charge is 0.165 e. The van der Waals surface area contributed by atoms with Gasteiger partial charge in [0.15, 0.2) is 5.78 Å². The Morgan fingerprint density at radius 2 is 1.24 bits per heavy atom. The van der Waals surface area contributed by atoms with Gasteiger partial charge in [0.25, 0.3) is 0 Å². The third kappa shape index (κ3) is 3.15. The van der Waals surface area contributed by atoms with E-state index in [1.165, 1.54) is 0 Å². The topological polar surface area (TPSA) is 34.0 Å². The molecule has 0 radical (unpaired) electrons. The number of nitrogens with zero attached hydrogens (tertiary/aromatic N) is 1. The molecular formula is C26H22N2O. The molecule has 3 aromatic carbocycles. The second-order valence-corrected chi connectivity index (χ2v) is 7.37. The van der Waals surface area contributed by atoms with Crippen molar-refractivity contribution in [3.05, 3.63) is 102 Å². The highest BCUT2D eigenvalue weighted by atomic mass is 16.1. The Bertz CT molecular complexity index is 1150. The molecule has 1 aliphatic rings. The maximum absolute atomic E-state index is 13.1. The zero-order valence-electron chi connectivity index (χ0n) is 16.1. The lowest BCUT2D eigenvalue weighted by Gasteiger charge is -2.18. The molecule has 0 spiro atoms. The minimum absolute atomic E-state index is 0.232. The Morgan fingerprint density at radius 3 is 1.90 bits per heavy atom. The summed E-state index contributed by atoms with van der Waals surface area (Å²) in [4.78, 5) is 13.1. The van der Waals surface area contributed by atoms with E-state index in [1.54, 1.807) is 0 Å². The van der Waals surface area contributed by atoms with Gasteiger partial charge in [-0.3, -0.25) is 14.9 Å². The van der Waals surface area contributed by atoms with Crippen LogP contribution in [0.4, 0.5) is 5.69 Å². The number of nitrogens with one attached hydrogen (secondary N) is 1. The van der Waals surface area contributed by atoms with Gasteiger partial charge in [-0.15, -0.1) is 0 Å². The van der Waals surface area contributed by atoms with E-state index in [0.717, 1.165) is 52.2 Å². The average Bonchev–Trinajstić information content (AvgIpc) is 3.11. The van der Waals surface area contributed by atoms with Gasteiger partial charge in [0.05, 0.1) is 17.1 Å². The van der Waals surface area contributed by atoms with Gasteiger partial charge in [-0.2, -0.15) is 0 Å². The Kier molecular flexibility index (Phi) is 4.49. The van der Waals surface area contributed by atoms with E-state index in [2.05, 4.69) is 34.4 Å². The molecule has 0 saturated heterocycles. The molecule has 4 aromatic rings.